The van der Waals surface area contributed by atoms with Crippen molar-refractivity contribution in [1.29, 1.82) is 0 Å². The highest BCUT2D eigenvalue weighted by Gasteiger charge is 2.38. The maximum absolute atomic E-state index is 14.6. The third-order valence-corrected chi connectivity index (χ3v) is 6.37. The second-order valence-electron chi connectivity index (χ2n) is 8.29. The molecule has 0 aromatic heterocycles. The van der Waals surface area contributed by atoms with Crippen LogP contribution < -0.4 is 0 Å². The monoisotopic (exact) mass is 437 g/mol. The molecule has 0 bridgehead atoms. The topological polar surface area (TPSA) is 38.8 Å². The summed E-state index contributed by atoms with van der Waals surface area (Å²) in [6.07, 6.45) is 5.30. The first-order valence-electron chi connectivity index (χ1n) is 10.4. The van der Waals surface area contributed by atoms with Gasteiger partial charge in [-0.1, -0.05) is 17.7 Å². The second kappa shape index (κ2) is 9.16. The third kappa shape index (κ3) is 4.93. The van der Waals surface area contributed by atoms with Gasteiger partial charge in [0.05, 0.1) is 24.9 Å². The first-order chi connectivity index (χ1) is 14.4. The number of halogens is 3. The van der Waals surface area contributed by atoms with Crippen LogP contribution in [0.3, 0.4) is 0 Å². The molecule has 0 spiro atoms. The summed E-state index contributed by atoms with van der Waals surface area (Å²) in [5.74, 6) is -1.09. The van der Waals surface area contributed by atoms with E-state index in [4.69, 9.17) is 21.1 Å². The summed E-state index contributed by atoms with van der Waals surface area (Å²) in [4.78, 5) is 14.1. The van der Waals surface area contributed by atoms with E-state index in [-0.39, 0.29) is 30.0 Å². The molecule has 0 radical (unpaired) electrons. The number of nitrogens with zero attached hydrogens (tertiary/aromatic N) is 1. The van der Waals surface area contributed by atoms with E-state index in [9.17, 15) is 13.6 Å². The van der Waals surface area contributed by atoms with Crippen molar-refractivity contribution in [3.63, 3.8) is 0 Å². The molecule has 3 aliphatic rings. The van der Waals surface area contributed by atoms with Crippen LogP contribution in [-0.4, -0.2) is 43.3 Å². The lowest BCUT2D eigenvalue weighted by Crippen LogP contribution is -2.41. The van der Waals surface area contributed by atoms with E-state index in [1.54, 1.807) is 12.1 Å². The van der Waals surface area contributed by atoms with Crippen LogP contribution in [0.2, 0.25) is 5.02 Å². The van der Waals surface area contributed by atoms with Crippen molar-refractivity contribution in [2.45, 2.75) is 50.9 Å². The molecule has 1 unspecified atom stereocenters. The molecule has 162 valence electrons. The average Bonchev–Trinajstić information content (AvgIpc) is 3.55. The van der Waals surface area contributed by atoms with E-state index < -0.39 is 11.8 Å². The number of carbonyl (C=O) groups is 1. The van der Waals surface area contributed by atoms with Crippen molar-refractivity contribution in [1.82, 2.24) is 4.90 Å². The predicted octanol–water partition coefficient (Wildman–Crippen LogP) is 4.97. The van der Waals surface area contributed by atoms with Crippen LogP contribution in [-0.2, 0) is 20.8 Å². The highest BCUT2D eigenvalue weighted by Crippen LogP contribution is 2.44. The fourth-order valence-electron chi connectivity index (χ4n) is 4.32. The molecule has 1 aliphatic heterocycles. The van der Waals surface area contributed by atoms with Gasteiger partial charge in [0, 0.05) is 24.5 Å². The van der Waals surface area contributed by atoms with Crippen LogP contribution in [0.4, 0.5) is 8.78 Å². The van der Waals surface area contributed by atoms with Gasteiger partial charge in [0.1, 0.15) is 11.6 Å². The molecule has 1 heterocycles. The predicted molar refractivity (Wildman–Crippen MR) is 110 cm³/mol. The molecule has 0 N–H and O–H groups in total. The zero-order chi connectivity index (χ0) is 21.3. The van der Waals surface area contributed by atoms with Gasteiger partial charge in [0.15, 0.2) is 0 Å². The maximum Gasteiger partial charge on any atom is 0.340 e. The number of ether oxygens (including phenoxy) is 2. The van der Waals surface area contributed by atoms with Gasteiger partial charge in [0.2, 0.25) is 0 Å². The molecule has 1 saturated heterocycles. The lowest BCUT2D eigenvalue weighted by molar-refractivity contribution is -0.136. The number of methoxy groups -OCH3 is 1. The van der Waals surface area contributed by atoms with Crippen molar-refractivity contribution in [3.8, 4) is 0 Å². The van der Waals surface area contributed by atoms with E-state index in [0.29, 0.717) is 24.0 Å². The first-order valence-corrected chi connectivity index (χ1v) is 10.8. The van der Waals surface area contributed by atoms with E-state index >= 15 is 0 Å². The summed E-state index contributed by atoms with van der Waals surface area (Å²) in [6, 6.07) is 4.46. The highest BCUT2D eigenvalue weighted by molar-refractivity contribution is 6.31. The summed E-state index contributed by atoms with van der Waals surface area (Å²) in [6.45, 7) is 2.23. The quantitative estimate of drug-likeness (QED) is 0.589. The summed E-state index contributed by atoms with van der Waals surface area (Å²) < 4.78 is 39.0. The largest absolute Gasteiger partial charge is 0.465 e. The molecule has 30 heavy (non-hydrogen) atoms. The number of hydrogen-bond acceptors (Lipinski definition) is 4. The molecule has 2 fully saturated rings. The smallest absolute Gasteiger partial charge is 0.340 e. The van der Waals surface area contributed by atoms with E-state index in [0.717, 1.165) is 43.4 Å². The Morgan fingerprint density at radius 1 is 1.27 bits per heavy atom. The normalized spacial score (nSPS) is 25.3. The molecule has 1 aromatic rings. The average molecular weight is 438 g/mol. The van der Waals surface area contributed by atoms with Gasteiger partial charge in [-0.2, -0.15) is 0 Å². The molecule has 4 rings (SSSR count). The van der Waals surface area contributed by atoms with Crippen molar-refractivity contribution in [2.75, 3.05) is 20.2 Å². The summed E-state index contributed by atoms with van der Waals surface area (Å²) in [7, 11) is 1.26. The number of likely N-dealkylation sites (tertiary alicyclic amines) is 1. The molecule has 2 atom stereocenters. The standard InChI is InChI=1S/C23H26ClF2NO3/c1-29-23(28)19-10-18(14-4-5-14)22(11-21(19)26)30-17-3-2-8-27(13-17)12-15-6-7-16(25)9-20(15)24/h6-7,9-10,14,17,22H,2-5,8,11-13H2,1H3/t17-,22?/m1/s1. The van der Waals surface area contributed by atoms with Gasteiger partial charge >= 0.3 is 5.97 Å². The Balaban J connectivity index is 1.42. The van der Waals surface area contributed by atoms with Crippen LogP contribution in [0, 0.1) is 11.7 Å². The number of piperidine rings is 1. The van der Waals surface area contributed by atoms with Gasteiger partial charge in [-0.15, -0.1) is 0 Å². The lowest BCUT2D eigenvalue weighted by Gasteiger charge is -2.36. The number of carbonyl (C=O) groups excluding carboxylic acids is 1. The minimum Gasteiger partial charge on any atom is -0.465 e. The number of benzene rings is 1. The van der Waals surface area contributed by atoms with Crippen molar-refractivity contribution < 1.29 is 23.0 Å². The van der Waals surface area contributed by atoms with Crippen molar-refractivity contribution >= 4 is 17.6 Å². The fraction of sp³-hybridized carbons (Fsp3) is 0.522. The molecule has 2 aliphatic carbocycles. The van der Waals surface area contributed by atoms with E-state index in [2.05, 4.69) is 4.90 Å². The van der Waals surface area contributed by atoms with Gasteiger partial charge < -0.3 is 9.47 Å². The van der Waals surface area contributed by atoms with Crippen molar-refractivity contribution in [2.24, 2.45) is 5.92 Å². The van der Waals surface area contributed by atoms with Crippen LogP contribution in [0.25, 0.3) is 0 Å². The Hall–Kier alpha value is -1.76. The summed E-state index contributed by atoms with van der Waals surface area (Å²) >= 11 is 6.18. The highest BCUT2D eigenvalue weighted by atomic mass is 35.5. The van der Waals surface area contributed by atoms with E-state index in [1.165, 1.54) is 19.2 Å². The number of esters is 1. The molecular weight excluding hydrogens is 412 g/mol. The zero-order valence-corrected chi connectivity index (χ0v) is 17.8. The number of rotatable bonds is 6. The molecular formula is C23H26ClF2NO3. The second-order valence-corrected chi connectivity index (χ2v) is 8.70. The fourth-order valence-corrected chi connectivity index (χ4v) is 4.55. The van der Waals surface area contributed by atoms with Crippen LogP contribution >= 0.6 is 11.6 Å². The Morgan fingerprint density at radius 3 is 2.77 bits per heavy atom. The summed E-state index contributed by atoms with van der Waals surface area (Å²) in [5, 5.41) is 0.423. The Bertz CT molecular complexity index is 881. The minimum atomic E-state index is -0.635. The van der Waals surface area contributed by atoms with Crippen LogP contribution in [0.5, 0.6) is 0 Å². The SMILES string of the molecule is COC(=O)C1=C(F)CC(O[C@@H]2CCCN(Cc3ccc(F)cc3Cl)C2)C(C2CC2)=C1. The lowest BCUT2D eigenvalue weighted by atomic mass is 9.91. The molecule has 4 nitrogen and oxygen atoms in total. The van der Waals surface area contributed by atoms with Crippen LogP contribution in [0.1, 0.15) is 37.7 Å². The zero-order valence-electron chi connectivity index (χ0n) is 17.0. The molecule has 1 saturated carbocycles. The van der Waals surface area contributed by atoms with E-state index in [1.807, 2.05) is 0 Å². The molecule has 7 heteroatoms. The number of hydrogen-bond donors (Lipinski definition) is 0. The first kappa shape index (κ1) is 21.5. The van der Waals surface area contributed by atoms with Gasteiger partial charge in [-0.05, 0) is 67.5 Å². The Labute approximate surface area is 180 Å². The minimum absolute atomic E-state index is 0.0236. The van der Waals surface area contributed by atoms with Crippen molar-refractivity contribution in [3.05, 3.63) is 57.7 Å². The summed E-state index contributed by atoms with van der Waals surface area (Å²) in [5.41, 5.74) is 1.91. The molecule has 1 aromatic carbocycles. The molecule has 0 amide bonds. The Morgan fingerprint density at radius 2 is 2.07 bits per heavy atom. The third-order valence-electron chi connectivity index (χ3n) is 6.02. The Kier molecular flexibility index (Phi) is 6.56. The van der Waals surface area contributed by atoms with Gasteiger partial charge in [-0.25, -0.2) is 13.6 Å². The van der Waals surface area contributed by atoms with Gasteiger partial charge in [0.25, 0.3) is 0 Å². The van der Waals surface area contributed by atoms with Crippen LogP contribution in [0.15, 0.2) is 41.2 Å². The van der Waals surface area contributed by atoms with Gasteiger partial charge in [-0.3, -0.25) is 4.90 Å². The maximum atomic E-state index is 14.6.